The average molecular weight is 475 g/mol. The Bertz CT molecular complexity index is 662. The second kappa shape index (κ2) is 8.51. The van der Waals surface area contributed by atoms with Gasteiger partial charge in [-0.15, -0.1) is 0 Å². The molecule has 5 atom stereocenters. The van der Waals surface area contributed by atoms with Crippen molar-refractivity contribution in [2.75, 3.05) is 7.11 Å². The first kappa shape index (κ1) is 27.0. The molecule has 6 nitrogen and oxygen atoms in total. The lowest BCUT2D eigenvalue weighted by Crippen LogP contribution is -2.62. The Labute approximate surface area is 191 Å². The van der Waals surface area contributed by atoms with Crippen LogP contribution in [0.15, 0.2) is 0 Å². The molecule has 0 aromatic carbocycles. The Balaban J connectivity index is 2.50. The van der Waals surface area contributed by atoms with Gasteiger partial charge in [0.2, 0.25) is 0 Å². The van der Waals surface area contributed by atoms with Gasteiger partial charge in [-0.3, -0.25) is 4.79 Å². The molecule has 8 heteroatoms. The molecule has 1 saturated carbocycles. The predicted molar refractivity (Wildman–Crippen MR) is 128 cm³/mol. The number of carbonyl (C=O) groups excluding carboxylic acids is 1. The minimum absolute atomic E-state index is 0.0399. The number of carbonyl (C=O) groups is 1. The smallest absolute Gasteiger partial charge is 0.311 e. The van der Waals surface area contributed by atoms with Crippen LogP contribution in [0.5, 0.6) is 0 Å². The van der Waals surface area contributed by atoms with Crippen LogP contribution < -0.4 is 0 Å². The Hall–Kier alpha value is -0.256. The molecule has 0 spiro atoms. The highest BCUT2D eigenvalue weighted by Crippen LogP contribution is 2.48. The Morgan fingerprint density at radius 1 is 0.871 bits per heavy atom. The van der Waals surface area contributed by atoms with E-state index in [-0.39, 0.29) is 34.4 Å². The molecule has 0 bridgehead atoms. The van der Waals surface area contributed by atoms with Crippen LogP contribution in [0.1, 0.15) is 61.8 Å². The van der Waals surface area contributed by atoms with Gasteiger partial charge >= 0.3 is 5.97 Å². The summed E-state index contributed by atoms with van der Waals surface area (Å²) < 4.78 is 31.6. The largest absolute Gasteiger partial charge is 0.469 e. The van der Waals surface area contributed by atoms with Crippen molar-refractivity contribution in [2.45, 2.75) is 128 Å². The summed E-state index contributed by atoms with van der Waals surface area (Å²) in [5, 5.41) is 0.0800. The highest BCUT2D eigenvalue weighted by atomic mass is 28.4. The Morgan fingerprint density at radius 3 is 1.77 bits per heavy atom. The molecule has 2 fully saturated rings. The standard InChI is InChI=1S/C23H46O6Si2/c1-21(2,3)30(10,11)28-16-14-15(20(24)25-9)17-19(27-23(7,8)26-17)18(16)29-31(12,13)22(4,5)6/h15-19H,14H2,1-13H3/t15-,16?,17-,18?,19-/m1/s1. The molecule has 1 heterocycles. The first-order chi connectivity index (χ1) is 13.7. The molecule has 0 N–H and O–H groups in total. The van der Waals surface area contributed by atoms with Gasteiger partial charge in [-0.1, -0.05) is 41.5 Å². The molecule has 1 saturated heterocycles. The summed E-state index contributed by atoms with van der Waals surface area (Å²) in [5.74, 6) is -1.50. The maximum atomic E-state index is 12.7. The van der Waals surface area contributed by atoms with Crippen molar-refractivity contribution in [2.24, 2.45) is 5.92 Å². The number of esters is 1. The van der Waals surface area contributed by atoms with E-state index >= 15 is 0 Å². The van der Waals surface area contributed by atoms with E-state index in [0.717, 1.165) is 0 Å². The molecule has 1 aliphatic heterocycles. The van der Waals surface area contributed by atoms with Crippen LogP contribution in [0.25, 0.3) is 0 Å². The van der Waals surface area contributed by atoms with Crippen molar-refractivity contribution in [1.82, 2.24) is 0 Å². The highest BCUT2D eigenvalue weighted by molar-refractivity contribution is 6.74. The van der Waals surface area contributed by atoms with Crippen molar-refractivity contribution in [3.8, 4) is 0 Å². The van der Waals surface area contributed by atoms with Gasteiger partial charge in [-0.25, -0.2) is 0 Å². The Kier molecular flexibility index (Phi) is 7.41. The lowest BCUT2D eigenvalue weighted by atomic mass is 9.81. The van der Waals surface area contributed by atoms with Gasteiger partial charge in [-0.2, -0.15) is 0 Å². The van der Waals surface area contributed by atoms with Gasteiger partial charge in [0.1, 0.15) is 12.2 Å². The number of hydrogen-bond donors (Lipinski definition) is 0. The van der Waals surface area contributed by atoms with E-state index in [9.17, 15) is 4.79 Å². The van der Waals surface area contributed by atoms with E-state index in [1.54, 1.807) is 0 Å². The van der Waals surface area contributed by atoms with Gasteiger partial charge < -0.3 is 23.1 Å². The zero-order chi connectivity index (χ0) is 24.2. The van der Waals surface area contributed by atoms with Gasteiger partial charge in [0, 0.05) is 0 Å². The maximum absolute atomic E-state index is 12.7. The van der Waals surface area contributed by atoms with Crippen LogP contribution in [0.3, 0.4) is 0 Å². The molecule has 2 rings (SSSR count). The number of fused-ring (bicyclic) bond motifs is 1. The molecule has 0 aromatic rings. The summed E-state index contributed by atoms with van der Waals surface area (Å²) in [4.78, 5) is 12.7. The summed E-state index contributed by atoms with van der Waals surface area (Å²) in [6.45, 7) is 26.2. The van der Waals surface area contributed by atoms with Crippen LogP contribution in [0.2, 0.25) is 36.3 Å². The molecule has 2 unspecified atom stereocenters. The van der Waals surface area contributed by atoms with E-state index < -0.39 is 34.4 Å². The molecule has 1 aliphatic carbocycles. The van der Waals surface area contributed by atoms with Crippen LogP contribution in [-0.4, -0.2) is 59.9 Å². The average Bonchev–Trinajstić information content (AvgIpc) is 2.89. The molecule has 0 aromatic heterocycles. The van der Waals surface area contributed by atoms with E-state index in [1.807, 2.05) is 13.8 Å². The fourth-order valence-corrected chi connectivity index (χ4v) is 6.49. The molecule has 2 aliphatic rings. The SMILES string of the molecule is COC(=O)[C@@H]1CC(O[Si](C)(C)C(C)(C)C)C(O[Si](C)(C)C(C)(C)C)[C@@H]2OC(C)(C)O[C@H]12. The first-order valence-corrected chi connectivity index (χ1v) is 17.3. The summed E-state index contributed by atoms with van der Waals surface area (Å²) in [6.07, 6.45) is -0.812. The quantitative estimate of drug-likeness (QED) is 0.388. The van der Waals surface area contributed by atoms with E-state index in [4.69, 9.17) is 23.1 Å². The summed E-state index contributed by atoms with van der Waals surface area (Å²) in [6, 6.07) is 0. The monoisotopic (exact) mass is 474 g/mol. The van der Waals surface area contributed by atoms with Crippen molar-refractivity contribution < 1.29 is 27.9 Å². The highest BCUT2D eigenvalue weighted by Gasteiger charge is 2.60. The topological polar surface area (TPSA) is 63.2 Å². The third kappa shape index (κ3) is 5.63. The van der Waals surface area contributed by atoms with Crippen molar-refractivity contribution in [3.63, 3.8) is 0 Å². The Morgan fingerprint density at radius 2 is 1.32 bits per heavy atom. The van der Waals surface area contributed by atoms with E-state index in [2.05, 4.69) is 67.7 Å². The van der Waals surface area contributed by atoms with Crippen molar-refractivity contribution >= 4 is 22.6 Å². The fraction of sp³-hybridized carbons (Fsp3) is 0.957. The van der Waals surface area contributed by atoms with Gasteiger partial charge in [-0.05, 0) is 56.5 Å². The fourth-order valence-electron chi connectivity index (χ4n) is 3.82. The predicted octanol–water partition coefficient (Wildman–Crippen LogP) is 5.48. The third-order valence-electron chi connectivity index (χ3n) is 7.73. The van der Waals surface area contributed by atoms with Gasteiger partial charge in [0.05, 0.1) is 25.2 Å². The zero-order valence-electron chi connectivity index (χ0n) is 22.0. The van der Waals surface area contributed by atoms with E-state index in [0.29, 0.717) is 6.42 Å². The number of methoxy groups -OCH3 is 1. The lowest BCUT2D eigenvalue weighted by Gasteiger charge is -2.50. The minimum atomic E-state index is -2.14. The number of hydrogen-bond acceptors (Lipinski definition) is 6. The van der Waals surface area contributed by atoms with Crippen molar-refractivity contribution in [1.29, 1.82) is 0 Å². The summed E-state index contributed by atoms with van der Waals surface area (Å²) >= 11 is 0. The van der Waals surface area contributed by atoms with Crippen LogP contribution >= 0.6 is 0 Å². The molecular weight excluding hydrogens is 428 g/mol. The summed E-state index contributed by atoms with van der Waals surface area (Å²) in [7, 11) is -2.83. The molecule has 182 valence electrons. The normalized spacial score (nSPS) is 32.0. The first-order valence-electron chi connectivity index (χ1n) is 11.5. The molecule has 0 radical (unpaired) electrons. The van der Waals surface area contributed by atoms with Gasteiger partial charge in [0.15, 0.2) is 22.4 Å². The maximum Gasteiger partial charge on any atom is 0.311 e. The van der Waals surface area contributed by atoms with Crippen LogP contribution in [0.4, 0.5) is 0 Å². The third-order valence-corrected chi connectivity index (χ3v) is 16.7. The van der Waals surface area contributed by atoms with Crippen LogP contribution in [-0.2, 0) is 27.9 Å². The summed E-state index contributed by atoms with van der Waals surface area (Å²) in [5.41, 5.74) is 0. The van der Waals surface area contributed by atoms with Crippen molar-refractivity contribution in [3.05, 3.63) is 0 Å². The second-order valence-corrected chi connectivity index (χ2v) is 22.2. The lowest BCUT2D eigenvalue weighted by molar-refractivity contribution is -0.162. The zero-order valence-corrected chi connectivity index (χ0v) is 24.0. The molecule has 31 heavy (non-hydrogen) atoms. The molecular formula is C23H46O6Si2. The minimum Gasteiger partial charge on any atom is -0.469 e. The number of rotatable bonds is 5. The number of ether oxygens (including phenoxy) is 3. The van der Waals surface area contributed by atoms with Crippen LogP contribution in [0, 0.1) is 5.92 Å². The molecule has 0 amide bonds. The van der Waals surface area contributed by atoms with E-state index in [1.165, 1.54) is 7.11 Å². The van der Waals surface area contributed by atoms with Gasteiger partial charge in [0.25, 0.3) is 0 Å². The second-order valence-electron chi connectivity index (χ2n) is 12.7.